The van der Waals surface area contributed by atoms with Crippen LogP contribution in [0.4, 0.5) is 0 Å². The van der Waals surface area contributed by atoms with Crippen LogP contribution in [0.2, 0.25) is 0 Å². The lowest BCUT2D eigenvalue weighted by Gasteiger charge is -2.45. The van der Waals surface area contributed by atoms with E-state index < -0.39 is 11.6 Å². The van der Waals surface area contributed by atoms with Gasteiger partial charge in [-0.05, 0) is 26.8 Å². The number of hydrogen-bond acceptors (Lipinski definition) is 3. The average Bonchev–Trinajstić information content (AvgIpc) is 1.96. The van der Waals surface area contributed by atoms with Crippen molar-refractivity contribution in [2.75, 3.05) is 7.05 Å². The number of likely N-dealkylation sites (N-methyl/N-ethyl adjacent to an activating group) is 1. The zero-order valence-electron chi connectivity index (χ0n) is 7.37. The molecule has 1 aliphatic carbocycles. The molecule has 1 saturated carbocycles. The number of aliphatic hydroxyl groups is 1. The van der Waals surface area contributed by atoms with Gasteiger partial charge < -0.3 is 15.5 Å². The Hall–Kier alpha value is -0.610. The van der Waals surface area contributed by atoms with Crippen LogP contribution >= 0.6 is 0 Å². The van der Waals surface area contributed by atoms with E-state index in [2.05, 4.69) is 5.32 Å². The van der Waals surface area contributed by atoms with Gasteiger partial charge in [0, 0.05) is 6.04 Å². The molecule has 3 N–H and O–H groups in total. The van der Waals surface area contributed by atoms with E-state index in [1.165, 1.54) is 0 Å². The Labute approximate surface area is 71.6 Å². The van der Waals surface area contributed by atoms with Crippen LogP contribution in [0.3, 0.4) is 0 Å². The van der Waals surface area contributed by atoms with E-state index in [0.29, 0.717) is 12.8 Å². The summed E-state index contributed by atoms with van der Waals surface area (Å²) in [5, 5.41) is 21.3. The molecule has 4 heteroatoms. The predicted molar refractivity (Wildman–Crippen MR) is 43.8 cm³/mol. The molecule has 70 valence electrons. The van der Waals surface area contributed by atoms with E-state index in [1.54, 1.807) is 7.05 Å². The molecule has 12 heavy (non-hydrogen) atoms. The van der Waals surface area contributed by atoms with Crippen LogP contribution < -0.4 is 5.32 Å². The van der Waals surface area contributed by atoms with E-state index in [1.807, 2.05) is 6.92 Å². The van der Waals surface area contributed by atoms with Crippen molar-refractivity contribution in [2.45, 2.75) is 31.4 Å². The monoisotopic (exact) mass is 173 g/mol. The SMILES string of the molecule is CNC(C)C1(O)CC(C(=O)O)C1. The van der Waals surface area contributed by atoms with Gasteiger partial charge in [-0.15, -0.1) is 0 Å². The van der Waals surface area contributed by atoms with Crippen molar-refractivity contribution < 1.29 is 15.0 Å². The molecule has 1 fully saturated rings. The van der Waals surface area contributed by atoms with Crippen molar-refractivity contribution in [2.24, 2.45) is 5.92 Å². The van der Waals surface area contributed by atoms with Crippen molar-refractivity contribution >= 4 is 5.97 Å². The van der Waals surface area contributed by atoms with Crippen LogP contribution in [0.15, 0.2) is 0 Å². The maximum Gasteiger partial charge on any atom is 0.306 e. The van der Waals surface area contributed by atoms with Gasteiger partial charge in [0.2, 0.25) is 0 Å². The first-order valence-electron chi connectivity index (χ1n) is 4.12. The molecule has 0 aromatic carbocycles. The zero-order chi connectivity index (χ0) is 9.35. The highest BCUT2D eigenvalue weighted by Crippen LogP contribution is 2.40. The summed E-state index contributed by atoms with van der Waals surface area (Å²) < 4.78 is 0. The lowest BCUT2D eigenvalue weighted by Crippen LogP contribution is -2.58. The van der Waals surface area contributed by atoms with Crippen LogP contribution in [-0.2, 0) is 4.79 Å². The maximum absolute atomic E-state index is 10.4. The molecule has 1 rings (SSSR count). The standard InChI is InChI=1S/C8H15NO3/c1-5(9-2)8(12)3-6(4-8)7(10)11/h5-6,9,12H,3-4H2,1-2H3,(H,10,11). The van der Waals surface area contributed by atoms with Crippen LogP contribution in [0.1, 0.15) is 19.8 Å². The van der Waals surface area contributed by atoms with Crippen molar-refractivity contribution in [1.29, 1.82) is 0 Å². The fourth-order valence-corrected chi connectivity index (χ4v) is 1.59. The minimum Gasteiger partial charge on any atom is -0.481 e. The van der Waals surface area contributed by atoms with E-state index in [0.717, 1.165) is 0 Å². The molecule has 4 nitrogen and oxygen atoms in total. The van der Waals surface area contributed by atoms with Gasteiger partial charge in [-0.25, -0.2) is 0 Å². The molecular formula is C8H15NO3. The normalized spacial score (nSPS) is 37.1. The van der Waals surface area contributed by atoms with Gasteiger partial charge in [0.1, 0.15) is 0 Å². The van der Waals surface area contributed by atoms with E-state index >= 15 is 0 Å². The van der Waals surface area contributed by atoms with Crippen molar-refractivity contribution in [3.05, 3.63) is 0 Å². The largest absolute Gasteiger partial charge is 0.481 e. The smallest absolute Gasteiger partial charge is 0.306 e. The lowest BCUT2D eigenvalue weighted by molar-refractivity contribution is -0.161. The van der Waals surface area contributed by atoms with Gasteiger partial charge in [-0.2, -0.15) is 0 Å². The fraction of sp³-hybridized carbons (Fsp3) is 0.875. The van der Waals surface area contributed by atoms with Gasteiger partial charge in [-0.3, -0.25) is 4.79 Å². The van der Waals surface area contributed by atoms with Gasteiger partial charge in [0.15, 0.2) is 0 Å². The van der Waals surface area contributed by atoms with Crippen molar-refractivity contribution in [3.8, 4) is 0 Å². The van der Waals surface area contributed by atoms with Gasteiger partial charge >= 0.3 is 5.97 Å². The van der Waals surface area contributed by atoms with E-state index in [-0.39, 0.29) is 12.0 Å². The first-order chi connectivity index (χ1) is 5.49. The average molecular weight is 173 g/mol. The third kappa shape index (κ3) is 1.44. The number of carboxylic acid groups (broad SMARTS) is 1. The quantitative estimate of drug-likeness (QED) is 0.553. The zero-order valence-corrected chi connectivity index (χ0v) is 7.37. The molecule has 1 atom stereocenters. The highest BCUT2D eigenvalue weighted by molar-refractivity contribution is 5.71. The first kappa shape index (κ1) is 9.48. The van der Waals surface area contributed by atoms with Crippen LogP contribution in [0, 0.1) is 5.92 Å². The molecule has 0 amide bonds. The third-order valence-corrected chi connectivity index (χ3v) is 2.79. The molecule has 0 aromatic rings. The van der Waals surface area contributed by atoms with Crippen LogP contribution in [-0.4, -0.2) is 34.9 Å². The lowest BCUT2D eigenvalue weighted by atomic mass is 9.67. The summed E-state index contributed by atoms with van der Waals surface area (Å²) >= 11 is 0. The Kier molecular flexibility index (Phi) is 2.39. The molecule has 0 aliphatic heterocycles. The highest BCUT2D eigenvalue weighted by atomic mass is 16.4. The first-order valence-corrected chi connectivity index (χ1v) is 4.12. The summed E-state index contributed by atoms with van der Waals surface area (Å²) in [6.45, 7) is 1.86. The second kappa shape index (κ2) is 3.03. The number of carboxylic acids is 1. The number of rotatable bonds is 3. The van der Waals surface area contributed by atoms with Crippen molar-refractivity contribution in [3.63, 3.8) is 0 Å². The van der Waals surface area contributed by atoms with Crippen LogP contribution in [0.5, 0.6) is 0 Å². The topological polar surface area (TPSA) is 69.6 Å². The molecular weight excluding hydrogens is 158 g/mol. The summed E-state index contributed by atoms with van der Waals surface area (Å²) in [5.41, 5.74) is -0.808. The highest BCUT2D eigenvalue weighted by Gasteiger charge is 2.49. The second-order valence-corrected chi connectivity index (χ2v) is 3.56. The minimum absolute atomic E-state index is 0.0342. The summed E-state index contributed by atoms with van der Waals surface area (Å²) in [5.74, 6) is -1.16. The van der Waals surface area contributed by atoms with Crippen molar-refractivity contribution in [1.82, 2.24) is 5.32 Å². The predicted octanol–water partition coefficient (Wildman–Crippen LogP) is -0.180. The molecule has 0 bridgehead atoms. The Balaban J connectivity index is 2.44. The number of nitrogens with one attached hydrogen (secondary N) is 1. The van der Waals surface area contributed by atoms with Gasteiger partial charge in [0.25, 0.3) is 0 Å². The second-order valence-electron chi connectivity index (χ2n) is 3.56. The molecule has 0 spiro atoms. The molecule has 1 unspecified atom stereocenters. The van der Waals surface area contributed by atoms with Gasteiger partial charge in [-0.1, -0.05) is 0 Å². The molecule has 0 heterocycles. The Morgan fingerprint density at radius 3 is 2.50 bits per heavy atom. The Bertz CT molecular complexity index is 187. The summed E-state index contributed by atoms with van der Waals surface area (Å²) in [4.78, 5) is 10.4. The van der Waals surface area contributed by atoms with E-state index in [9.17, 15) is 9.90 Å². The van der Waals surface area contributed by atoms with E-state index in [4.69, 9.17) is 5.11 Å². The number of hydrogen-bond donors (Lipinski definition) is 3. The molecule has 1 aliphatic rings. The molecule has 0 aromatic heterocycles. The van der Waals surface area contributed by atoms with Crippen LogP contribution in [0.25, 0.3) is 0 Å². The third-order valence-electron chi connectivity index (χ3n) is 2.79. The Morgan fingerprint density at radius 1 is 1.67 bits per heavy atom. The summed E-state index contributed by atoms with van der Waals surface area (Å²) in [6.07, 6.45) is 0.731. The Morgan fingerprint density at radius 2 is 2.17 bits per heavy atom. The fourth-order valence-electron chi connectivity index (χ4n) is 1.59. The number of aliphatic carboxylic acids is 1. The van der Waals surface area contributed by atoms with Gasteiger partial charge in [0.05, 0.1) is 11.5 Å². The molecule has 0 radical (unpaired) electrons. The summed E-state index contributed by atoms with van der Waals surface area (Å²) in [7, 11) is 1.76. The maximum atomic E-state index is 10.4. The minimum atomic E-state index is -0.808. The number of carbonyl (C=O) groups is 1. The molecule has 0 saturated heterocycles. The summed E-state index contributed by atoms with van der Waals surface area (Å²) in [6, 6.07) is -0.0342.